The van der Waals surface area contributed by atoms with Gasteiger partial charge in [0.1, 0.15) is 12.8 Å². The van der Waals surface area contributed by atoms with Crippen LogP contribution in [0.15, 0.2) is 0 Å². The largest absolute Gasteiger partial charge is 0.435 e. The van der Waals surface area contributed by atoms with E-state index in [-0.39, 0.29) is 12.1 Å². The molecule has 26 heavy (non-hydrogen) atoms. The summed E-state index contributed by atoms with van der Waals surface area (Å²) >= 11 is 0. The molecule has 1 N–H and O–H groups in total. The lowest BCUT2D eigenvalue weighted by molar-refractivity contribution is -0.172. The number of alkyl halides is 7. The van der Waals surface area contributed by atoms with Crippen LogP contribution in [-0.4, -0.2) is 41.0 Å². The molecule has 2 rings (SSSR count). The van der Waals surface area contributed by atoms with Crippen molar-refractivity contribution in [2.45, 2.75) is 63.1 Å². The second-order valence-corrected chi connectivity index (χ2v) is 6.10. The van der Waals surface area contributed by atoms with E-state index in [2.05, 4.69) is 9.84 Å². The maximum atomic E-state index is 13.3. The fourth-order valence-corrected chi connectivity index (χ4v) is 3.37. The Labute approximate surface area is 144 Å². The zero-order valence-electron chi connectivity index (χ0n) is 13.7. The van der Waals surface area contributed by atoms with E-state index in [1.54, 1.807) is 0 Å². The highest BCUT2D eigenvalue weighted by molar-refractivity contribution is 5.32. The van der Waals surface area contributed by atoms with Gasteiger partial charge >= 0.3 is 12.8 Å². The maximum Gasteiger partial charge on any atom is 0.435 e. The van der Waals surface area contributed by atoms with Crippen molar-refractivity contribution < 1.29 is 40.6 Å². The predicted octanol–water partition coefficient (Wildman–Crippen LogP) is 4.14. The third kappa shape index (κ3) is 4.67. The second-order valence-electron chi connectivity index (χ2n) is 6.10. The van der Waals surface area contributed by atoms with Gasteiger partial charge in [0.25, 0.3) is 0 Å². The lowest BCUT2D eigenvalue weighted by atomic mass is 9.92. The Kier molecular flexibility index (Phi) is 6.89. The highest BCUT2D eigenvalue weighted by Crippen LogP contribution is 2.40. The van der Waals surface area contributed by atoms with Crippen LogP contribution in [0.25, 0.3) is 0 Å². The molecule has 3 atom stereocenters. The number of aliphatic hydroxyl groups excluding tert-OH is 1. The predicted molar refractivity (Wildman–Crippen MR) is 76.2 cm³/mol. The minimum Gasteiger partial charge on any atom is -0.386 e. The zero-order chi connectivity index (χ0) is 19.5. The Balaban J connectivity index is 2.45. The highest BCUT2D eigenvalue weighted by atomic mass is 19.4. The van der Waals surface area contributed by atoms with Gasteiger partial charge in [-0.2, -0.15) is 27.1 Å². The van der Waals surface area contributed by atoms with Gasteiger partial charge in [0, 0.05) is 17.7 Å². The number of rotatable bonds is 7. The second kappa shape index (κ2) is 8.55. The molecule has 1 saturated carbocycles. The Morgan fingerprint density at radius 2 is 1.92 bits per heavy atom. The minimum absolute atomic E-state index is 0.0340. The summed E-state index contributed by atoms with van der Waals surface area (Å²) in [5.74, 6) is 0. The van der Waals surface area contributed by atoms with Gasteiger partial charge in [0.05, 0.1) is 18.8 Å². The van der Waals surface area contributed by atoms with Crippen LogP contribution in [0, 0.1) is 0 Å². The number of hydrogen-bond acceptors (Lipinski definition) is 3. The van der Waals surface area contributed by atoms with Crippen molar-refractivity contribution in [3.63, 3.8) is 0 Å². The number of hydrogen-bond donors (Lipinski definition) is 1. The van der Waals surface area contributed by atoms with Crippen LogP contribution in [0.3, 0.4) is 0 Å². The van der Waals surface area contributed by atoms with E-state index >= 15 is 0 Å². The third-order valence-electron chi connectivity index (χ3n) is 4.37. The molecule has 11 heteroatoms. The molecule has 1 aliphatic carbocycles. The van der Waals surface area contributed by atoms with E-state index in [4.69, 9.17) is 0 Å². The molecule has 0 bridgehead atoms. The van der Waals surface area contributed by atoms with E-state index < -0.39 is 62.1 Å². The summed E-state index contributed by atoms with van der Waals surface area (Å²) in [6, 6.07) is -0.740. The molecule has 1 heterocycles. The van der Waals surface area contributed by atoms with Crippen LogP contribution in [-0.2, 0) is 17.3 Å². The number of aliphatic hydroxyl groups is 1. The summed E-state index contributed by atoms with van der Waals surface area (Å²) in [7, 11) is 0. The van der Waals surface area contributed by atoms with Gasteiger partial charge in [-0.15, -0.1) is 0 Å². The van der Waals surface area contributed by atoms with Gasteiger partial charge in [-0.05, 0) is 25.7 Å². The molecule has 0 unspecified atom stereocenters. The third-order valence-corrected chi connectivity index (χ3v) is 4.37. The number of nitrogens with zero attached hydrogens (tertiary/aromatic N) is 2. The molecular formula is C15H19F7N2O2. The molecule has 4 nitrogen and oxygen atoms in total. The average molecular weight is 392 g/mol. The molecule has 0 amide bonds. The van der Waals surface area contributed by atoms with Gasteiger partial charge in [-0.25, -0.2) is 4.39 Å². The van der Waals surface area contributed by atoms with Crippen LogP contribution >= 0.6 is 0 Å². The Morgan fingerprint density at radius 3 is 2.46 bits per heavy atom. The smallest absolute Gasteiger partial charge is 0.386 e. The first-order valence-electron chi connectivity index (χ1n) is 8.11. The van der Waals surface area contributed by atoms with Crippen molar-refractivity contribution in [1.82, 2.24) is 9.78 Å². The number of ether oxygens (including phenoxy) is 1. The summed E-state index contributed by atoms with van der Waals surface area (Å²) in [4.78, 5) is 0. The normalized spacial score (nSPS) is 22.8. The molecule has 0 aliphatic heterocycles. The molecule has 0 aromatic carbocycles. The highest BCUT2D eigenvalue weighted by Gasteiger charge is 2.42. The van der Waals surface area contributed by atoms with Crippen molar-refractivity contribution in [2.24, 2.45) is 0 Å². The van der Waals surface area contributed by atoms with Crippen molar-refractivity contribution in [3.8, 4) is 0 Å². The van der Waals surface area contributed by atoms with E-state index in [1.165, 1.54) is 0 Å². The summed E-state index contributed by atoms with van der Waals surface area (Å²) in [6.07, 6.45) is -7.45. The standard InChI is InChI=1S/C15H19F7N2O2/c16-5-4-10-12(11(25)7-17)13(15(20,21)22)23-24(10)8-2-1-3-9(6-8)26-14(18)19/h8-9,11,14,25H,1-7H2/t8-,9-,11-/m1/s1. The van der Waals surface area contributed by atoms with Gasteiger partial charge < -0.3 is 9.84 Å². The molecule has 1 fully saturated rings. The average Bonchev–Trinajstić information content (AvgIpc) is 2.94. The SMILES string of the molecule is O[C@H](CF)c1c(C(F)(F)F)nn([C@@H]2CCC[C@@H](OC(F)F)C2)c1CCF. The molecule has 0 spiro atoms. The van der Waals surface area contributed by atoms with E-state index in [0.717, 1.165) is 4.68 Å². The fourth-order valence-electron chi connectivity index (χ4n) is 3.37. The first-order chi connectivity index (χ1) is 12.2. The molecule has 1 aliphatic rings. The molecule has 1 aromatic rings. The minimum atomic E-state index is -4.98. The Bertz CT molecular complexity index is 591. The number of halogens is 7. The molecule has 1 aromatic heterocycles. The van der Waals surface area contributed by atoms with E-state index in [9.17, 15) is 35.8 Å². The Morgan fingerprint density at radius 1 is 1.23 bits per heavy atom. The topological polar surface area (TPSA) is 47.3 Å². The van der Waals surface area contributed by atoms with Crippen LogP contribution in [0.2, 0.25) is 0 Å². The van der Waals surface area contributed by atoms with Gasteiger partial charge in [0.2, 0.25) is 0 Å². The summed E-state index contributed by atoms with van der Waals surface area (Å²) in [6.45, 7) is -5.55. The van der Waals surface area contributed by atoms with Crippen molar-refractivity contribution in [3.05, 3.63) is 17.0 Å². The summed E-state index contributed by atoms with van der Waals surface area (Å²) in [5.41, 5.74) is -2.55. The van der Waals surface area contributed by atoms with Crippen molar-refractivity contribution >= 4 is 0 Å². The van der Waals surface area contributed by atoms with Crippen LogP contribution in [0.4, 0.5) is 30.7 Å². The van der Waals surface area contributed by atoms with Gasteiger partial charge in [-0.1, -0.05) is 0 Å². The lowest BCUT2D eigenvalue weighted by Crippen LogP contribution is -2.28. The van der Waals surface area contributed by atoms with E-state index in [1.807, 2.05) is 0 Å². The maximum absolute atomic E-state index is 13.3. The fraction of sp³-hybridized carbons (Fsp3) is 0.800. The summed E-state index contributed by atoms with van der Waals surface area (Å²) < 4.78 is 95.7. The molecular weight excluding hydrogens is 373 g/mol. The first kappa shape index (κ1) is 20.9. The van der Waals surface area contributed by atoms with E-state index in [0.29, 0.717) is 19.3 Å². The Hall–Kier alpha value is -1.36. The zero-order valence-corrected chi connectivity index (χ0v) is 13.7. The molecule has 0 saturated heterocycles. The quantitative estimate of drug-likeness (QED) is 0.710. The summed E-state index contributed by atoms with van der Waals surface area (Å²) in [5, 5.41) is 13.2. The van der Waals surface area contributed by atoms with Crippen LogP contribution in [0.1, 0.15) is 54.8 Å². The van der Waals surface area contributed by atoms with Crippen LogP contribution in [0.5, 0.6) is 0 Å². The van der Waals surface area contributed by atoms with Crippen molar-refractivity contribution in [1.29, 1.82) is 0 Å². The first-order valence-corrected chi connectivity index (χ1v) is 8.11. The van der Waals surface area contributed by atoms with Crippen LogP contribution < -0.4 is 0 Å². The van der Waals surface area contributed by atoms with Gasteiger partial charge in [-0.3, -0.25) is 9.07 Å². The monoisotopic (exact) mass is 392 g/mol. The van der Waals surface area contributed by atoms with Gasteiger partial charge in [0.15, 0.2) is 5.69 Å². The molecule has 150 valence electrons. The van der Waals surface area contributed by atoms with Crippen molar-refractivity contribution in [2.75, 3.05) is 13.3 Å². The molecule has 0 radical (unpaired) electrons. The lowest BCUT2D eigenvalue weighted by Gasteiger charge is -2.30. The number of aromatic nitrogens is 2.